The van der Waals surface area contributed by atoms with Crippen molar-refractivity contribution in [2.45, 2.75) is 24.2 Å². The number of sulfonamides is 1. The van der Waals surface area contributed by atoms with Crippen LogP contribution in [0.3, 0.4) is 0 Å². The lowest BCUT2D eigenvalue weighted by Gasteiger charge is -2.34. The summed E-state index contributed by atoms with van der Waals surface area (Å²) in [6, 6.07) is 9.39. The first-order chi connectivity index (χ1) is 12.9. The number of benzene rings is 1. The number of aliphatic hydroxyl groups is 1. The summed E-state index contributed by atoms with van der Waals surface area (Å²) in [6.07, 6.45) is -0.620. The number of nitrogens with zero attached hydrogens (tertiary/aromatic N) is 2. The second-order valence-corrected chi connectivity index (χ2v) is 9.98. The Bertz CT molecular complexity index is 845. The molecule has 1 atom stereocenters. The minimum Gasteiger partial charge on any atom is -0.491 e. The van der Waals surface area contributed by atoms with Crippen molar-refractivity contribution in [1.82, 2.24) is 9.21 Å². The molecule has 3 rings (SSSR count). The fourth-order valence-corrected chi connectivity index (χ4v) is 5.66. The van der Waals surface area contributed by atoms with Crippen LogP contribution in [0.1, 0.15) is 11.1 Å². The number of rotatable bonds is 7. The van der Waals surface area contributed by atoms with Crippen molar-refractivity contribution < 1.29 is 18.3 Å². The van der Waals surface area contributed by atoms with E-state index in [0.29, 0.717) is 36.9 Å². The van der Waals surface area contributed by atoms with Gasteiger partial charge in [-0.3, -0.25) is 4.90 Å². The smallest absolute Gasteiger partial charge is 0.252 e. The third kappa shape index (κ3) is 5.08. The average Bonchev–Trinajstić information content (AvgIpc) is 3.18. The summed E-state index contributed by atoms with van der Waals surface area (Å²) in [5.41, 5.74) is 2.16. The Balaban J connectivity index is 1.47. The van der Waals surface area contributed by atoms with Gasteiger partial charge in [0.15, 0.2) is 0 Å². The number of thiophene rings is 1. The summed E-state index contributed by atoms with van der Waals surface area (Å²) < 4.78 is 32.8. The molecule has 1 aliphatic heterocycles. The van der Waals surface area contributed by atoms with E-state index in [-0.39, 0.29) is 6.61 Å². The van der Waals surface area contributed by atoms with Crippen LogP contribution in [-0.4, -0.2) is 68.2 Å². The van der Waals surface area contributed by atoms with E-state index in [1.54, 1.807) is 17.5 Å². The van der Waals surface area contributed by atoms with E-state index in [2.05, 4.69) is 4.90 Å². The Morgan fingerprint density at radius 1 is 1.19 bits per heavy atom. The zero-order valence-electron chi connectivity index (χ0n) is 15.7. The molecule has 8 heteroatoms. The Morgan fingerprint density at radius 3 is 2.59 bits per heavy atom. The number of hydrogen-bond acceptors (Lipinski definition) is 6. The van der Waals surface area contributed by atoms with E-state index in [0.717, 1.165) is 16.9 Å². The van der Waals surface area contributed by atoms with Crippen molar-refractivity contribution in [3.63, 3.8) is 0 Å². The summed E-state index contributed by atoms with van der Waals surface area (Å²) in [4.78, 5) is 2.08. The lowest BCUT2D eigenvalue weighted by Crippen LogP contribution is -2.50. The normalized spacial score (nSPS) is 17.7. The molecule has 27 heavy (non-hydrogen) atoms. The number of ether oxygens (including phenoxy) is 1. The van der Waals surface area contributed by atoms with Gasteiger partial charge in [0.2, 0.25) is 0 Å². The lowest BCUT2D eigenvalue weighted by atomic mass is 10.1. The zero-order chi connectivity index (χ0) is 19.4. The SMILES string of the molecule is Cc1ccc(C)c(OCC(O)CN2CCN(S(=O)(=O)c3cccs3)CC2)c1. The summed E-state index contributed by atoms with van der Waals surface area (Å²) in [7, 11) is -3.39. The Kier molecular flexibility index (Phi) is 6.54. The van der Waals surface area contributed by atoms with Crippen molar-refractivity contribution in [1.29, 1.82) is 0 Å². The molecule has 1 fully saturated rings. The van der Waals surface area contributed by atoms with Crippen LogP contribution in [0, 0.1) is 13.8 Å². The molecule has 0 spiro atoms. The van der Waals surface area contributed by atoms with Gasteiger partial charge in [-0.25, -0.2) is 8.42 Å². The van der Waals surface area contributed by atoms with Crippen LogP contribution in [0.25, 0.3) is 0 Å². The van der Waals surface area contributed by atoms with Crippen LogP contribution in [-0.2, 0) is 10.0 Å². The van der Waals surface area contributed by atoms with Gasteiger partial charge in [-0.2, -0.15) is 4.31 Å². The molecule has 0 amide bonds. The molecule has 0 bridgehead atoms. The van der Waals surface area contributed by atoms with E-state index in [1.807, 2.05) is 32.0 Å². The highest BCUT2D eigenvalue weighted by Gasteiger charge is 2.29. The number of piperazine rings is 1. The first-order valence-electron chi connectivity index (χ1n) is 9.00. The van der Waals surface area contributed by atoms with Crippen molar-refractivity contribution in [2.24, 2.45) is 0 Å². The van der Waals surface area contributed by atoms with Gasteiger partial charge in [0.1, 0.15) is 22.7 Å². The van der Waals surface area contributed by atoms with Gasteiger partial charge in [0, 0.05) is 32.7 Å². The average molecular weight is 411 g/mol. The molecule has 1 saturated heterocycles. The van der Waals surface area contributed by atoms with Crippen LogP contribution in [0.15, 0.2) is 39.9 Å². The molecule has 1 N–H and O–H groups in total. The van der Waals surface area contributed by atoms with Gasteiger partial charge in [-0.1, -0.05) is 18.2 Å². The molecular weight excluding hydrogens is 384 g/mol. The maximum Gasteiger partial charge on any atom is 0.252 e. The fraction of sp³-hybridized carbons (Fsp3) is 0.474. The van der Waals surface area contributed by atoms with Gasteiger partial charge in [0.25, 0.3) is 10.0 Å². The number of aryl methyl sites for hydroxylation is 2. The molecule has 148 valence electrons. The molecular formula is C19H26N2O4S2. The maximum atomic E-state index is 12.5. The molecule has 2 heterocycles. The highest BCUT2D eigenvalue weighted by atomic mass is 32.2. The Hall–Kier alpha value is -1.45. The second kappa shape index (κ2) is 8.70. The molecule has 0 aliphatic carbocycles. The molecule has 0 saturated carbocycles. The summed E-state index contributed by atoms with van der Waals surface area (Å²) in [6.45, 7) is 6.75. The van der Waals surface area contributed by atoms with E-state index < -0.39 is 16.1 Å². The van der Waals surface area contributed by atoms with Crippen LogP contribution in [0.2, 0.25) is 0 Å². The maximum absolute atomic E-state index is 12.5. The van der Waals surface area contributed by atoms with E-state index in [1.165, 1.54) is 15.6 Å². The third-order valence-corrected chi connectivity index (χ3v) is 7.94. The zero-order valence-corrected chi connectivity index (χ0v) is 17.3. The number of aliphatic hydroxyl groups excluding tert-OH is 1. The molecule has 1 unspecified atom stereocenters. The molecule has 0 radical (unpaired) electrons. The Morgan fingerprint density at radius 2 is 1.93 bits per heavy atom. The predicted octanol–water partition coefficient (Wildman–Crippen LogP) is 2.11. The molecule has 1 aliphatic rings. The van der Waals surface area contributed by atoms with Crippen molar-refractivity contribution in [2.75, 3.05) is 39.3 Å². The standard InChI is InChI=1S/C19H26N2O4S2/c1-15-5-6-16(2)18(12-15)25-14-17(22)13-20-7-9-21(10-8-20)27(23,24)19-4-3-11-26-19/h3-6,11-12,17,22H,7-10,13-14H2,1-2H3. The van der Waals surface area contributed by atoms with Crippen LogP contribution < -0.4 is 4.74 Å². The van der Waals surface area contributed by atoms with Crippen LogP contribution in [0.4, 0.5) is 0 Å². The second-order valence-electron chi connectivity index (χ2n) is 6.87. The van der Waals surface area contributed by atoms with Crippen LogP contribution >= 0.6 is 11.3 Å². The summed E-state index contributed by atoms with van der Waals surface area (Å²) in [5.74, 6) is 0.793. The van der Waals surface area contributed by atoms with Crippen LogP contribution in [0.5, 0.6) is 5.75 Å². The van der Waals surface area contributed by atoms with E-state index >= 15 is 0 Å². The highest BCUT2D eigenvalue weighted by molar-refractivity contribution is 7.91. The lowest BCUT2D eigenvalue weighted by molar-refractivity contribution is 0.0567. The largest absolute Gasteiger partial charge is 0.491 e. The third-order valence-electron chi connectivity index (χ3n) is 4.66. The topological polar surface area (TPSA) is 70.1 Å². The minimum absolute atomic E-state index is 0.220. The predicted molar refractivity (Wildman–Crippen MR) is 107 cm³/mol. The number of hydrogen-bond donors (Lipinski definition) is 1. The fourth-order valence-electron chi connectivity index (χ4n) is 3.09. The van der Waals surface area contributed by atoms with Gasteiger partial charge in [0.05, 0.1) is 0 Å². The Labute approximate surface area is 165 Å². The summed E-state index contributed by atoms with van der Waals surface area (Å²) >= 11 is 1.24. The molecule has 6 nitrogen and oxygen atoms in total. The molecule has 1 aromatic carbocycles. The molecule has 1 aromatic heterocycles. The number of β-amino-alcohol motifs (C(OH)–C–C–N with tert-alkyl or cyclic N) is 1. The van der Waals surface area contributed by atoms with Gasteiger partial charge in [-0.15, -0.1) is 11.3 Å². The first kappa shape index (κ1) is 20.3. The minimum atomic E-state index is -3.39. The van der Waals surface area contributed by atoms with Crippen molar-refractivity contribution in [3.8, 4) is 5.75 Å². The quantitative estimate of drug-likeness (QED) is 0.757. The highest BCUT2D eigenvalue weighted by Crippen LogP contribution is 2.22. The molecule has 2 aromatic rings. The first-order valence-corrected chi connectivity index (χ1v) is 11.3. The monoisotopic (exact) mass is 410 g/mol. The van der Waals surface area contributed by atoms with Gasteiger partial charge < -0.3 is 9.84 Å². The van der Waals surface area contributed by atoms with Gasteiger partial charge in [-0.05, 0) is 42.5 Å². The summed E-state index contributed by atoms with van der Waals surface area (Å²) in [5, 5.41) is 12.1. The van der Waals surface area contributed by atoms with Crippen molar-refractivity contribution >= 4 is 21.4 Å². The van der Waals surface area contributed by atoms with E-state index in [4.69, 9.17) is 4.74 Å². The van der Waals surface area contributed by atoms with Crippen molar-refractivity contribution in [3.05, 3.63) is 46.8 Å². The van der Waals surface area contributed by atoms with E-state index in [9.17, 15) is 13.5 Å². The van der Waals surface area contributed by atoms with Gasteiger partial charge >= 0.3 is 0 Å².